The van der Waals surface area contributed by atoms with Crippen LogP contribution in [0.4, 0.5) is 4.39 Å². The summed E-state index contributed by atoms with van der Waals surface area (Å²) < 4.78 is 12.9. The molecule has 1 rings (SSSR count). The molecule has 0 unspecified atom stereocenters. The topological polar surface area (TPSA) is 74.6 Å². The van der Waals surface area contributed by atoms with Gasteiger partial charge in [-0.15, -0.1) is 0 Å². The fraction of sp³-hybridized carbons (Fsp3) is 0. The summed E-state index contributed by atoms with van der Waals surface area (Å²) in [6.07, 6.45) is 2.03. The molecule has 5 heteroatoms. The van der Waals surface area contributed by atoms with Gasteiger partial charge in [-0.25, -0.2) is 14.0 Å². The van der Waals surface area contributed by atoms with Gasteiger partial charge in [-0.3, -0.25) is 0 Å². The maximum atomic E-state index is 12.9. The normalized spacial score (nSPS) is 10.5. The van der Waals surface area contributed by atoms with Crippen molar-refractivity contribution in [3.05, 3.63) is 41.2 Å². The maximum absolute atomic E-state index is 12.9. The first-order chi connectivity index (χ1) is 7.00. The van der Waals surface area contributed by atoms with Crippen LogP contribution in [0.2, 0.25) is 0 Å². The van der Waals surface area contributed by atoms with Crippen LogP contribution < -0.4 is 0 Å². The lowest BCUT2D eigenvalue weighted by Crippen LogP contribution is -2.00. The summed E-state index contributed by atoms with van der Waals surface area (Å²) >= 11 is 0. The van der Waals surface area contributed by atoms with Crippen molar-refractivity contribution in [2.45, 2.75) is 0 Å². The summed E-state index contributed by atoms with van der Waals surface area (Å²) in [5.41, 5.74) is -0.168. The maximum Gasteiger partial charge on any atom is 0.338 e. The number of carbonyl (C=O) groups is 2. The lowest BCUT2D eigenvalue weighted by molar-refractivity contribution is -0.131. The average Bonchev–Trinajstić information content (AvgIpc) is 2.16. The van der Waals surface area contributed by atoms with Gasteiger partial charge in [0.1, 0.15) is 5.82 Å². The van der Waals surface area contributed by atoms with Gasteiger partial charge in [-0.05, 0) is 23.8 Å². The van der Waals surface area contributed by atoms with Crippen LogP contribution in [0.5, 0.6) is 0 Å². The van der Waals surface area contributed by atoms with E-state index in [1.165, 1.54) is 12.1 Å². The predicted octanol–water partition coefficient (Wildman–Crippen LogP) is 1.62. The molecule has 0 saturated heterocycles. The number of halogens is 1. The van der Waals surface area contributed by atoms with Crippen LogP contribution in [0, 0.1) is 5.82 Å². The number of rotatable bonds is 3. The van der Waals surface area contributed by atoms with Gasteiger partial charge in [-0.1, -0.05) is 6.07 Å². The first-order valence-corrected chi connectivity index (χ1v) is 3.94. The largest absolute Gasteiger partial charge is 0.478 e. The number of hydrogen-bond donors (Lipinski definition) is 2. The predicted molar refractivity (Wildman–Crippen MR) is 50.0 cm³/mol. The van der Waals surface area contributed by atoms with Crippen LogP contribution in [-0.2, 0) is 4.79 Å². The lowest BCUT2D eigenvalue weighted by Gasteiger charge is -1.98. The minimum absolute atomic E-state index is 0.316. The Labute approximate surface area is 84.3 Å². The lowest BCUT2D eigenvalue weighted by atomic mass is 10.1. The van der Waals surface area contributed by atoms with E-state index in [0.717, 1.165) is 18.2 Å². The highest BCUT2D eigenvalue weighted by molar-refractivity contribution is 5.90. The molecule has 0 aliphatic carbocycles. The molecule has 0 fully saturated rings. The van der Waals surface area contributed by atoms with E-state index in [-0.39, 0.29) is 0 Å². The first kappa shape index (κ1) is 10.9. The van der Waals surface area contributed by atoms with Gasteiger partial charge in [0.25, 0.3) is 0 Å². The zero-order valence-electron chi connectivity index (χ0n) is 7.48. The molecule has 78 valence electrons. The third-order valence-electron chi connectivity index (χ3n) is 1.64. The minimum atomic E-state index is -1.39. The highest BCUT2D eigenvalue weighted by atomic mass is 19.1. The van der Waals surface area contributed by atoms with Gasteiger partial charge in [0, 0.05) is 6.08 Å². The Morgan fingerprint density at radius 3 is 2.47 bits per heavy atom. The molecule has 2 N–H and O–H groups in total. The highest BCUT2D eigenvalue weighted by Crippen LogP contribution is 2.11. The molecule has 0 bridgehead atoms. The number of aliphatic carboxylic acids is 1. The Balaban J connectivity index is 3.08. The van der Waals surface area contributed by atoms with E-state index < -0.39 is 23.3 Å². The Morgan fingerprint density at radius 2 is 1.93 bits per heavy atom. The third-order valence-corrected chi connectivity index (χ3v) is 1.64. The molecule has 0 aliphatic rings. The van der Waals surface area contributed by atoms with Crippen molar-refractivity contribution < 1.29 is 24.2 Å². The molecule has 0 aromatic heterocycles. The van der Waals surface area contributed by atoms with Gasteiger partial charge >= 0.3 is 11.9 Å². The quantitative estimate of drug-likeness (QED) is 0.743. The van der Waals surface area contributed by atoms with Crippen LogP contribution in [0.3, 0.4) is 0 Å². The zero-order chi connectivity index (χ0) is 11.4. The number of benzene rings is 1. The van der Waals surface area contributed by atoms with Gasteiger partial charge in [0.05, 0.1) is 5.56 Å². The highest BCUT2D eigenvalue weighted by Gasteiger charge is 2.09. The van der Waals surface area contributed by atoms with E-state index in [0.29, 0.717) is 5.56 Å². The van der Waals surface area contributed by atoms with E-state index >= 15 is 0 Å². The van der Waals surface area contributed by atoms with E-state index in [1.54, 1.807) is 0 Å². The third kappa shape index (κ3) is 2.91. The SMILES string of the molecule is O=C(O)C=Cc1ccc(F)c(C(=O)O)c1. The summed E-state index contributed by atoms with van der Waals surface area (Å²) in [4.78, 5) is 20.7. The first-order valence-electron chi connectivity index (χ1n) is 3.94. The molecular formula is C10H7FO4. The van der Waals surface area contributed by atoms with Crippen molar-refractivity contribution in [3.8, 4) is 0 Å². The van der Waals surface area contributed by atoms with E-state index in [1.807, 2.05) is 0 Å². The minimum Gasteiger partial charge on any atom is -0.478 e. The van der Waals surface area contributed by atoms with Gasteiger partial charge < -0.3 is 10.2 Å². The Bertz CT molecular complexity index is 437. The molecule has 1 aromatic rings. The second-order valence-corrected chi connectivity index (χ2v) is 2.72. The molecule has 15 heavy (non-hydrogen) atoms. The van der Waals surface area contributed by atoms with Crippen LogP contribution in [-0.4, -0.2) is 22.2 Å². The monoisotopic (exact) mass is 210 g/mol. The van der Waals surface area contributed by atoms with Crippen molar-refractivity contribution >= 4 is 18.0 Å². The van der Waals surface area contributed by atoms with Crippen molar-refractivity contribution in [1.82, 2.24) is 0 Å². The molecule has 0 amide bonds. The van der Waals surface area contributed by atoms with Gasteiger partial charge in [-0.2, -0.15) is 0 Å². The molecule has 0 spiro atoms. The number of carboxylic acid groups (broad SMARTS) is 2. The molecule has 0 heterocycles. The van der Waals surface area contributed by atoms with Crippen molar-refractivity contribution in [3.63, 3.8) is 0 Å². The van der Waals surface area contributed by atoms with Gasteiger partial charge in [0.2, 0.25) is 0 Å². The standard InChI is InChI=1S/C10H7FO4/c11-8-3-1-6(2-4-9(12)13)5-7(8)10(14)15/h1-5H,(H,12,13)(H,14,15). The second kappa shape index (κ2) is 4.36. The summed E-state index contributed by atoms with van der Waals surface area (Å²) in [5.74, 6) is -3.40. The molecule has 0 atom stereocenters. The number of carboxylic acids is 2. The number of aromatic carboxylic acids is 1. The van der Waals surface area contributed by atoms with E-state index in [4.69, 9.17) is 10.2 Å². The summed E-state index contributed by atoms with van der Waals surface area (Å²) in [6.45, 7) is 0. The molecule has 4 nitrogen and oxygen atoms in total. The van der Waals surface area contributed by atoms with Crippen molar-refractivity contribution in [2.75, 3.05) is 0 Å². The van der Waals surface area contributed by atoms with Crippen molar-refractivity contribution in [2.24, 2.45) is 0 Å². The Morgan fingerprint density at radius 1 is 1.27 bits per heavy atom. The zero-order valence-corrected chi connectivity index (χ0v) is 7.48. The molecule has 0 saturated carbocycles. The summed E-state index contributed by atoms with van der Waals surface area (Å²) in [5, 5.41) is 16.9. The van der Waals surface area contributed by atoms with Gasteiger partial charge in [0.15, 0.2) is 0 Å². The molecule has 1 aromatic carbocycles. The van der Waals surface area contributed by atoms with E-state index in [2.05, 4.69) is 0 Å². The fourth-order valence-electron chi connectivity index (χ4n) is 0.978. The fourth-order valence-corrected chi connectivity index (χ4v) is 0.978. The Hall–Kier alpha value is -2.17. The second-order valence-electron chi connectivity index (χ2n) is 2.72. The van der Waals surface area contributed by atoms with Crippen LogP contribution in [0.15, 0.2) is 24.3 Å². The smallest absolute Gasteiger partial charge is 0.338 e. The van der Waals surface area contributed by atoms with Crippen LogP contribution in [0.25, 0.3) is 6.08 Å². The number of hydrogen-bond acceptors (Lipinski definition) is 2. The molecular weight excluding hydrogens is 203 g/mol. The summed E-state index contributed by atoms with van der Waals surface area (Å²) in [7, 11) is 0. The Kier molecular flexibility index (Phi) is 3.17. The summed E-state index contributed by atoms with van der Waals surface area (Å²) in [6, 6.07) is 3.34. The molecule has 0 aliphatic heterocycles. The average molecular weight is 210 g/mol. The van der Waals surface area contributed by atoms with Crippen LogP contribution >= 0.6 is 0 Å². The van der Waals surface area contributed by atoms with Crippen LogP contribution in [0.1, 0.15) is 15.9 Å². The van der Waals surface area contributed by atoms with E-state index in [9.17, 15) is 14.0 Å². The van der Waals surface area contributed by atoms with Crippen molar-refractivity contribution in [1.29, 1.82) is 0 Å². The molecule has 0 radical (unpaired) electrons.